The lowest BCUT2D eigenvalue weighted by atomic mass is 9.93. The fourth-order valence-corrected chi connectivity index (χ4v) is 3.57. The van der Waals surface area contributed by atoms with Crippen molar-refractivity contribution in [2.75, 3.05) is 0 Å². The van der Waals surface area contributed by atoms with Gasteiger partial charge in [0.25, 0.3) is 0 Å². The van der Waals surface area contributed by atoms with Gasteiger partial charge in [0, 0.05) is 0 Å². The molecular formula is C24H20. The Labute approximate surface area is 143 Å². The van der Waals surface area contributed by atoms with E-state index in [1.807, 2.05) is 0 Å². The average Bonchev–Trinajstić information content (AvgIpc) is 2.98. The first kappa shape index (κ1) is 14.7. The summed E-state index contributed by atoms with van der Waals surface area (Å²) in [6.07, 6.45) is 3.39. The summed E-state index contributed by atoms with van der Waals surface area (Å²) < 4.78 is 0. The van der Waals surface area contributed by atoms with E-state index < -0.39 is 0 Å². The quantitative estimate of drug-likeness (QED) is 0.521. The smallest absolute Gasteiger partial charge is 0.00205 e. The minimum atomic E-state index is 1.03. The summed E-state index contributed by atoms with van der Waals surface area (Å²) in [7, 11) is 0. The van der Waals surface area contributed by atoms with Crippen molar-refractivity contribution in [3.05, 3.63) is 113 Å². The van der Waals surface area contributed by atoms with Crippen molar-refractivity contribution in [1.82, 2.24) is 0 Å². The minimum absolute atomic E-state index is 1.03. The third-order valence-corrected chi connectivity index (χ3v) is 4.54. The van der Waals surface area contributed by atoms with Gasteiger partial charge in [-0.25, -0.2) is 0 Å². The third-order valence-electron chi connectivity index (χ3n) is 4.54. The van der Waals surface area contributed by atoms with Crippen molar-refractivity contribution in [2.45, 2.75) is 13.3 Å². The maximum atomic E-state index is 2.36. The van der Waals surface area contributed by atoms with Gasteiger partial charge in [0.1, 0.15) is 0 Å². The molecule has 116 valence electrons. The first-order valence-corrected chi connectivity index (χ1v) is 8.55. The Morgan fingerprint density at radius 3 is 1.67 bits per heavy atom. The lowest BCUT2D eigenvalue weighted by Crippen LogP contribution is -1.89. The summed E-state index contributed by atoms with van der Waals surface area (Å²) in [5, 5.41) is 0. The fourth-order valence-electron chi connectivity index (χ4n) is 3.57. The second-order valence-electron chi connectivity index (χ2n) is 6.05. The summed E-state index contributed by atoms with van der Waals surface area (Å²) in [6, 6.07) is 30.3. The van der Waals surface area contributed by atoms with E-state index >= 15 is 0 Å². The Balaban J connectivity index is 2.07. The van der Waals surface area contributed by atoms with E-state index in [0.29, 0.717) is 0 Å². The number of allylic oxidation sites excluding steroid dienone is 3. The van der Waals surface area contributed by atoms with Crippen molar-refractivity contribution >= 4 is 16.7 Å². The van der Waals surface area contributed by atoms with Crippen LogP contribution in [-0.4, -0.2) is 0 Å². The SMILES string of the molecule is CC/C=C1/C(c2ccccc2)=C(c2ccccc2)c2ccccc21. The zero-order valence-corrected chi connectivity index (χ0v) is 13.9. The molecule has 4 rings (SSSR count). The van der Waals surface area contributed by atoms with Gasteiger partial charge in [-0.2, -0.15) is 0 Å². The minimum Gasteiger partial charge on any atom is -0.0763 e. The molecule has 0 radical (unpaired) electrons. The van der Waals surface area contributed by atoms with Crippen molar-refractivity contribution in [1.29, 1.82) is 0 Å². The van der Waals surface area contributed by atoms with E-state index in [0.717, 1.165) is 6.42 Å². The summed E-state index contributed by atoms with van der Waals surface area (Å²) in [4.78, 5) is 0. The molecule has 0 fully saturated rings. The molecule has 0 N–H and O–H groups in total. The lowest BCUT2D eigenvalue weighted by Gasteiger charge is -2.10. The molecule has 0 atom stereocenters. The standard InChI is InChI=1S/C24H20/c1-2-11-21-20-16-9-10-17-22(20)24(19-14-7-4-8-15-19)23(21)18-12-5-3-6-13-18/h3-17H,2H2,1H3/b21-11+. The Bertz CT molecular complexity index is 913. The van der Waals surface area contributed by atoms with Crippen LogP contribution in [0, 0.1) is 0 Å². The van der Waals surface area contributed by atoms with Gasteiger partial charge >= 0.3 is 0 Å². The van der Waals surface area contributed by atoms with Gasteiger partial charge in [-0.15, -0.1) is 0 Å². The summed E-state index contributed by atoms with van der Waals surface area (Å²) in [5.41, 5.74) is 9.30. The molecule has 0 aliphatic heterocycles. The van der Waals surface area contributed by atoms with Gasteiger partial charge in [0.2, 0.25) is 0 Å². The van der Waals surface area contributed by atoms with Crippen LogP contribution in [0.4, 0.5) is 0 Å². The Morgan fingerprint density at radius 2 is 1.08 bits per heavy atom. The number of rotatable bonds is 3. The molecule has 0 heteroatoms. The highest BCUT2D eigenvalue weighted by Gasteiger charge is 2.27. The molecule has 1 aliphatic carbocycles. The van der Waals surface area contributed by atoms with E-state index in [1.165, 1.54) is 39.0 Å². The van der Waals surface area contributed by atoms with Crippen LogP contribution in [-0.2, 0) is 0 Å². The van der Waals surface area contributed by atoms with Gasteiger partial charge in [-0.05, 0) is 45.4 Å². The molecule has 1 aliphatic rings. The van der Waals surface area contributed by atoms with Gasteiger partial charge in [0.15, 0.2) is 0 Å². The summed E-state index contributed by atoms with van der Waals surface area (Å²) in [6.45, 7) is 2.21. The molecule has 0 unspecified atom stereocenters. The van der Waals surface area contributed by atoms with Crippen LogP contribution in [0.25, 0.3) is 16.7 Å². The fraction of sp³-hybridized carbons (Fsp3) is 0.0833. The van der Waals surface area contributed by atoms with Gasteiger partial charge in [0.05, 0.1) is 0 Å². The molecule has 3 aromatic carbocycles. The van der Waals surface area contributed by atoms with Crippen molar-refractivity contribution in [3.8, 4) is 0 Å². The van der Waals surface area contributed by atoms with Gasteiger partial charge in [-0.3, -0.25) is 0 Å². The predicted molar refractivity (Wildman–Crippen MR) is 104 cm³/mol. The van der Waals surface area contributed by atoms with Crippen LogP contribution in [0.3, 0.4) is 0 Å². The third kappa shape index (κ3) is 2.41. The largest absolute Gasteiger partial charge is 0.0763 e. The van der Waals surface area contributed by atoms with Crippen LogP contribution in [0.5, 0.6) is 0 Å². The van der Waals surface area contributed by atoms with Crippen LogP contribution >= 0.6 is 0 Å². The number of hydrogen-bond acceptors (Lipinski definition) is 0. The Hall–Kier alpha value is -2.86. The molecule has 0 heterocycles. The molecule has 0 saturated heterocycles. The van der Waals surface area contributed by atoms with Crippen molar-refractivity contribution in [3.63, 3.8) is 0 Å². The van der Waals surface area contributed by atoms with E-state index in [9.17, 15) is 0 Å². The van der Waals surface area contributed by atoms with Crippen LogP contribution in [0.15, 0.2) is 91.0 Å². The summed E-state index contributed by atoms with van der Waals surface area (Å²) >= 11 is 0. The van der Waals surface area contributed by atoms with Gasteiger partial charge in [-0.1, -0.05) is 97.9 Å². The second-order valence-corrected chi connectivity index (χ2v) is 6.05. The van der Waals surface area contributed by atoms with Gasteiger partial charge < -0.3 is 0 Å². The zero-order chi connectivity index (χ0) is 16.4. The molecule has 0 amide bonds. The van der Waals surface area contributed by atoms with E-state index in [1.54, 1.807) is 0 Å². The summed E-state index contributed by atoms with van der Waals surface area (Å²) in [5.74, 6) is 0. The van der Waals surface area contributed by atoms with Crippen LogP contribution < -0.4 is 0 Å². The van der Waals surface area contributed by atoms with E-state index in [-0.39, 0.29) is 0 Å². The predicted octanol–water partition coefficient (Wildman–Crippen LogP) is 6.45. The van der Waals surface area contributed by atoms with Crippen molar-refractivity contribution in [2.24, 2.45) is 0 Å². The van der Waals surface area contributed by atoms with E-state index in [4.69, 9.17) is 0 Å². The average molecular weight is 308 g/mol. The maximum absolute atomic E-state index is 2.36. The highest BCUT2D eigenvalue weighted by molar-refractivity contribution is 6.24. The zero-order valence-electron chi connectivity index (χ0n) is 13.9. The lowest BCUT2D eigenvalue weighted by molar-refractivity contribution is 1.23. The highest BCUT2D eigenvalue weighted by atomic mass is 14.3. The Morgan fingerprint density at radius 1 is 0.583 bits per heavy atom. The molecule has 24 heavy (non-hydrogen) atoms. The molecule has 0 aromatic heterocycles. The first-order valence-electron chi connectivity index (χ1n) is 8.55. The maximum Gasteiger partial charge on any atom is -0.00205 e. The molecular weight excluding hydrogens is 288 g/mol. The van der Waals surface area contributed by atoms with Crippen LogP contribution in [0.1, 0.15) is 35.6 Å². The van der Waals surface area contributed by atoms with Crippen molar-refractivity contribution < 1.29 is 0 Å². The van der Waals surface area contributed by atoms with E-state index in [2.05, 4.69) is 97.9 Å². The molecule has 0 saturated carbocycles. The topological polar surface area (TPSA) is 0 Å². The number of benzene rings is 3. The number of fused-ring (bicyclic) bond motifs is 1. The molecule has 3 aromatic rings. The molecule has 0 spiro atoms. The molecule has 0 nitrogen and oxygen atoms in total. The second kappa shape index (κ2) is 6.33. The highest BCUT2D eigenvalue weighted by Crippen LogP contribution is 2.49. The Kier molecular flexibility index (Phi) is 3.88. The number of hydrogen-bond donors (Lipinski definition) is 0. The molecule has 0 bridgehead atoms. The normalized spacial score (nSPS) is 15.0. The monoisotopic (exact) mass is 308 g/mol. The first-order chi connectivity index (χ1) is 11.9. The van der Waals surface area contributed by atoms with Crippen LogP contribution in [0.2, 0.25) is 0 Å².